The van der Waals surface area contributed by atoms with E-state index in [0.29, 0.717) is 16.8 Å². The zero-order valence-corrected chi connectivity index (χ0v) is 17.0. The summed E-state index contributed by atoms with van der Waals surface area (Å²) in [5.74, 6) is 0.0821. The summed E-state index contributed by atoms with van der Waals surface area (Å²) in [6.45, 7) is 1.87. The van der Waals surface area contributed by atoms with Gasteiger partial charge in [0.25, 0.3) is 0 Å². The Labute approximate surface area is 174 Å². The number of phenolic OH excluding ortho intramolecular Hbond substituents is 1. The molecule has 0 bridgehead atoms. The van der Waals surface area contributed by atoms with E-state index >= 15 is 0 Å². The van der Waals surface area contributed by atoms with Crippen LogP contribution in [0, 0.1) is 6.92 Å². The second-order valence-corrected chi connectivity index (χ2v) is 8.52. The van der Waals surface area contributed by atoms with Crippen LogP contribution in [0.4, 0.5) is 5.69 Å². The molecule has 2 aromatic carbocycles. The highest BCUT2D eigenvalue weighted by Gasteiger charge is 2.20. The third-order valence-corrected chi connectivity index (χ3v) is 5.76. The van der Waals surface area contributed by atoms with Crippen molar-refractivity contribution in [2.24, 2.45) is 5.14 Å². The Morgan fingerprint density at radius 2 is 1.77 bits per heavy atom. The van der Waals surface area contributed by atoms with Gasteiger partial charge in [0.2, 0.25) is 10.0 Å². The number of anilines is 1. The van der Waals surface area contributed by atoms with Crippen LogP contribution < -0.4 is 10.5 Å². The molecule has 4 aromatic rings. The maximum atomic E-state index is 11.5. The lowest BCUT2D eigenvalue weighted by molar-refractivity contribution is 0.471. The van der Waals surface area contributed by atoms with E-state index in [9.17, 15) is 13.5 Å². The largest absolute Gasteiger partial charge is 0.505 e. The van der Waals surface area contributed by atoms with Gasteiger partial charge in [0.1, 0.15) is 11.3 Å². The fourth-order valence-corrected chi connectivity index (χ4v) is 3.83. The number of hydrogen-bond donors (Lipinski definition) is 3. The van der Waals surface area contributed by atoms with E-state index in [0.717, 1.165) is 16.6 Å². The Morgan fingerprint density at radius 1 is 1.03 bits per heavy atom. The van der Waals surface area contributed by atoms with Crippen LogP contribution >= 0.6 is 0 Å². The van der Waals surface area contributed by atoms with Gasteiger partial charge >= 0.3 is 0 Å². The SMILES string of the molecule is Cc1ccc2ccc(C(Nc3ccc(S(N)(=O)=O)cc3)c3cccnc3)c(O)c2n1. The van der Waals surface area contributed by atoms with Crippen molar-refractivity contribution in [1.82, 2.24) is 9.97 Å². The third-order valence-electron chi connectivity index (χ3n) is 4.83. The summed E-state index contributed by atoms with van der Waals surface area (Å²) in [5, 5.41) is 20.4. The highest BCUT2D eigenvalue weighted by atomic mass is 32.2. The van der Waals surface area contributed by atoms with Gasteiger partial charge in [-0.3, -0.25) is 4.98 Å². The van der Waals surface area contributed by atoms with Crippen molar-refractivity contribution in [3.8, 4) is 5.75 Å². The van der Waals surface area contributed by atoms with Crippen molar-refractivity contribution in [3.63, 3.8) is 0 Å². The number of aromatic hydroxyl groups is 1. The summed E-state index contributed by atoms with van der Waals surface area (Å²) in [7, 11) is -3.77. The summed E-state index contributed by atoms with van der Waals surface area (Å²) < 4.78 is 23.0. The molecule has 0 aliphatic rings. The predicted molar refractivity (Wildman–Crippen MR) is 116 cm³/mol. The number of primary sulfonamides is 1. The maximum absolute atomic E-state index is 11.5. The van der Waals surface area contributed by atoms with Crippen molar-refractivity contribution in [2.45, 2.75) is 17.9 Å². The van der Waals surface area contributed by atoms with Crippen molar-refractivity contribution in [2.75, 3.05) is 5.32 Å². The predicted octanol–water partition coefficient (Wildman–Crippen LogP) is 3.49. The van der Waals surface area contributed by atoms with Crippen LogP contribution in [0.25, 0.3) is 10.9 Å². The average molecular weight is 420 g/mol. The molecule has 8 heteroatoms. The van der Waals surface area contributed by atoms with Gasteiger partial charge in [-0.15, -0.1) is 0 Å². The molecule has 4 rings (SSSR count). The zero-order chi connectivity index (χ0) is 21.3. The number of nitrogens with zero attached hydrogens (tertiary/aromatic N) is 2. The van der Waals surface area contributed by atoms with Gasteiger partial charge in [-0.2, -0.15) is 0 Å². The van der Waals surface area contributed by atoms with Gasteiger partial charge in [0.05, 0.1) is 10.9 Å². The van der Waals surface area contributed by atoms with E-state index < -0.39 is 16.1 Å². The standard InChI is InChI=1S/C22H20N4O3S/c1-14-4-5-15-6-11-19(22(27)21(15)25-14)20(16-3-2-12-24-13-16)26-17-7-9-18(10-8-17)30(23,28)29/h2-13,20,26-27H,1H3,(H2,23,28,29). The molecule has 2 aromatic heterocycles. The highest BCUT2D eigenvalue weighted by Crippen LogP contribution is 2.36. The van der Waals surface area contributed by atoms with E-state index in [1.807, 2.05) is 43.3 Å². The Morgan fingerprint density at radius 3 is 2.43 bits per heavy atom. The number of nitrogens with two attached hydrogens (primary N) is 1. The van der Waals surface area contributed by atoms with Gasteiger partial charge in [-0.1, -0.05) is 24.3 Å². The molecule has 0 radical (unpaired) electrons. The van der Waals surface area contributed by atoms with E-state index in [2.05, 4.69) is 15.3 Å². The molecule has 0 saturated heterocycles. The lowest BCUT2D eigenvalue weighted by Crippen LogP contribution is -2.14. The number of pyridine rings is 2. The summed E-state index contributed by atoms with van der Waals surface area (Å²) in [6, 6.07) is 17.0. The van der Waals surface area contributed by atoms with Gasteiger partial charge < -0.3 is 10.4 Å². The third kappa shape index (κ3) is 3.96. The first-order valence-corrected chi connectivity index (χ1v) is 10.8. The van der Waals surface area contributed by atoms with Crippen molar-refractivity contribution in [1.29, 1.82) is 0 Å². The molecular weight excluding hydrogens is 400 g/mol. The zero-order valence-electron chi connectivity index (χ0n) is 16.1. The van der Waals surface area contributed by atoms with Crippen LogP contribution in [0.15, 0.2) is 78.0 Å². The van der Waals surface area contributed by atoms with Crippen LogP contribution in [0.3, 0.4) is 0 Å². The Bertz CT molecular complexity index is 1310. The molecule has 4 N–H and O–H groups in total. The monoisotopic (exact) mass is 420 g/mol. The second kappa shape index (κ2) is 7.74. The van der Waals surface area contributed by atoms with Crippen LogP contribution in [-0.2, 0) is 10.0 Å². The normalized spacial score (nSPS) is 12.6. The first-order chi connectivity index (χ1) is 14.3. The summed E-state index contributed by atoms with van der Waals surface area (Å²) >= 11 is 0. The van der Waals surface area contributed by atoms with Gasteiger partial charge in [-0.25, -0.2) is 18.5 Å². The maximum Gasteiger partial charge on any atom is 0.238 e. The minimum absolute atomic E-state index is 0.0270. The minimum Gasteiger partial charge on any atom is -0.505 e. The molecule has 0 aliphatic heterocycles. The van der Waals surface area contributed by atoms with Crippen LogP contribution in [0.2, 0.25) is 0 Å². The van der Waals surface area contributed by atoms with Crippen molar-refractivity contribution >= 4 is 26.6 Å². The van der Waals surface area contributed by atoms with Crippen LogP contribution in [-0.4, -0.2) is 23.5 Å². The first-order valence-electron chi connectivity index (χ1n) is 9.21. The number of aryl methyl sites for hydroxylation is 1. The summed E-state index contributed by atoms with van der Waals surface area (Å²) in [5.41, 5.74) is 3.44. The number of rotatable bonds is 5. The number of nitrogens with one attached hydrogen (secondary N) is 1. The van der Waals surface area contributed by atoms with E-state index in [1.54, 1.807) is 24.5 Å². The lowest BCUT2D eigenvalue weighted by Gasteiger charge is -2.22. The minimum atomic E-state index is -3.77. The smallest absolute Gasteiger partial charge is 0.238 e. The van der Waals surface area contributed by atoms with Gasteiger partial charge in [-0.05, 0) is 48.9 Å². The molecule has 1 unspecified atom stereocenters. The molecule has 0 fully saturated rings. The number of benzene rings is 2. The number of aromatic nitrogens is 2. The van der Waals surface area contributed by atoms with E-state index in [-0.39, 0.29) is 10.6 Å². The fourth-order valence-electron chi connectivity index (χ4n) is 3.31. The fraction of sp³-hybridized carbons (Fsp3) is 0.0909. The molecule has 7 nitrogen and oxygen atoms in total. The number of sulfonamides is 1. The number of fused-ring (bicyclic) bond motifs is 1. The number of phenols is 1. The Hall–Kier alpha value is -3.49. The van der Waals surface area contributed by atoms with Gasteiger partial charge in [0, 0.05) is 34.7 Å². The molecular formula is C22H20N4O3S. The topological polar surface area (TPSA) is 118 Å². The number of hydrogen-bond acceptors (Lipinski definition) is 6. The molecule has 2 heterocycles. The van der Waals surface area contributed by atoms with Crippen LogP contribution in [0.5, 0.6) is 5.75 Å². The molecule has 0 amide bonds. The van der Waals surface area contributed by atoms with Crippen molar-refractivity contribution < 1.29 is 13.5 Å². The highest BCUT2D eigenvalue weighted by molar-refractivity contribution is 7.89. The Balaban J connectivity index is 1.80. The summed E-state index contributed by atoms with van der Waals surface area (Å²) in [4.78, 5) is 8.70. The molecule has 1 atom stereocenters. The Kier molecular flexibility index (Phi) is 5.11. The molecule has 152 valence electrons. The molecule has 0 spiro atoms. The van der Waals surface area contributed by atoms with Gasteiger partial charge in [0.15, 0.2) is 0 Å². The lowest BCUT2D eigenvalue weighted by atomic mass is 9.97. The van der Waals surface area contributed by atoms with E-state index in [1.165, 1.54) is 12.1 Å². The second-order valence-electron chi connectivity index (χ2n) is 6.96. The molecule has 0 aliphatic carbocycles. The molecule has 30 heavy (non-hydrogen) atoms. The quantitative estimate of drug-likeness (QED) is 0.455. The molecule has 0 saturated carbocycles. The average Bonchev–Trinajstić information content (AvgIpc) is 2.73. The van der Waals surface area contributed by atoms with Crippen LogP contribution in [0.1, 0.15) is 22.9 Å². The summed E-state index contributed by atoms with van der Waals surface area (Å²) in [6.07, 6.45) is 3.39. The first kappa shape index (κ1) is 19.8. The van der Waals surface area contributed by atoms with E-state index in [4.69, 9.17) is 5.14 Å². The van der Waals surface area contributed by atoms with Crippen molar-refractivity contribution in [3.05, 3.63) is 89.9 Å².